The van der Waals surface area contributed by atoms with Crippen LogP contribution in [-0.2, 0) is 11.3 Å². The van der Waals surface area contributed by atoms with Crippen molar-refractivity contribution < 1.29 is 4.74 Å². The lowest BCUT2D eigenvalue weighted by Crippen LogP contribution is -2.50. The molecule has 1 aromatic rings. The third-order valence-corrected chi connectivity index (χ3v) is 5.78. The second kappa shape index (κ2) is 12.5. The summed E-state index contributed by atoms with van der Waals surface area (Å²) >= 11 is 5.24. The molecule has 1 unspecified atom stereocenters. The van der Waals surface area contributed by atoms with E-state index in [4.69, 9.17) is 4.74 Å². The monoisotopic (exact) mass is 544 g/mol. The molecule has 0 aromatic carbocycles. The molecule has 2 rings (SSSR count). The van der Waals surface area contributed by atoms with E-state index in [1.807, 2.05) is 7.05 Å². The first-order valence-electron chi connectivity index (χ1n) is 8.57. The minimum Gasteiger partial charge on any atom is -0.379 e. The summed E-state index contributed by atoms with van der Waals surface area (Å²) in [7, 11) is 1.83. The summed E-state index contributed by atoms with van der Waals surface area (Å²) in [6.07, 6.45) is 1.18. The van der Waals surface area contributed by atoms with Crippen LogP contribution in [0.4, 0.5) is 0 Å². The average Bonchev–Trinajstić information content (AvgIpc) is 2.99. The smallest absolute Gasteiger partial charge is 0.191 e. The normalized spacial score (nSPS) is 17.2. The molecule has 0 saturated carbocycles. The van der Waals surface area contributed by atoms with Gasteiger partial charge in [-0.25, -0.2) is 0 Å². The molecular weight excluding hydrogens is 515 g/mol. The molecule has 0 bridgehead atoms. The topological polar surface area (TPSA) is 48.9 Å². The van der Waals surface area contributed by atoms with Crippen molar-refractivity contribution in [1.29, 1.82) is 0 Å². The number of nitrogens with one attached hydrogen (secondary N) is 2. The number of hydrogen-bond donors (Lipinski definition) is 2. The minimum atomic E-state index is 0. The number of halogens is 2. The lowest BCUT2D eigenvalue weighted by atomic mass is 10.0. The Labute approximate surface area is 181 Å². The van der Waals surface area contributed by atoms with E-state index in [-0.39, 0.29) is 24.0 Å². The number of aliphatic imine (C=N–C) groups is 1. The van der Waals surface area contributed by atoms with Crippen LogP contribution < -0.4 is 10.6 Å². The van der Waals surface area contributed by atoms with Gasteiger partial charge in [0.15, 0.2) is 5.96 Å². The van der Waals surface area contributed by atoms with Gasteiger partial charge < -0.3 is 15.4 Å². The summed E-state index contributed by atoms with van der Waals surface area (Å²) < 4.78 is 6.63. The molecule has 8 heteroatoms. The van der Waals surface area contributed by atoms with Crippen molar-refractivity contribution in [3.05, 3.63) is 20.8 Å². The van der Waals surface area contributed by atoms with Crippen molar-refractivity contribution in [2.45, 2.75) is 32.9 Å². The fourth-order valence-corrected chi connectivity index (χ4v) is 4.29. The average molecular weight is 545 g/mol. The molecule has 1 aliphatic rings. The van der Waals surface area contributed by atoms with Crippen LogP contribution in [0.15, 0.2) is 20.9 Å². The van der Waals surface area contributed by atoms with E-state index in [1.54, 1.807) is 11.3 Å². The highest BCUT2D eigenvalue weighted by atomic mass is 127. The van der Waals surface area contributed by atoms with Crippen molar-refractivity contribution in [1.82, 2.24) is 15.5 Å². The fraction of sp³-hybridized carbons (Fsp3) is 0.706. The van der Waals surface area contributed by atoms with Crippen LogP contribution in [0.25, 0.3) is 0 Å². The zero-order chi connectivity index (χ0) is 17.4. The van der Waals surface area contributed by atoms with E-state index in [0.29, 0.717) is 12.0 Å². The maximum Gasteiger partial charge on any atom is 0.191 e. The first-order chi connectivity index (χ1) is 11.6. The molecule has 1 atom stereocenters. The van der Waals surface area contributed by atoms with Crippen molar-refractivity contribution in [3.8, 4) is 0 Å². The Morgan fingerprint density at radius 2 is 2.08 bits per heavy atom. The molecule has 25 heavy (non-hydrogen) atoms. The van der Waals surface area contributed by atoms with Crippen molar-refractivity contribution in [3.63, 3.8) is 0 Å². The van der Waals surface area contributed by atoms with Crippen molar-refractivity contribution in [2.24, 2.45) is 10.9 Å². The third-order valence-electron chi connectivity index (χ3n) is 4.09. The van der Waals surface area contributed by atoms with Crippen LogP contribution >= 0.6 is 51.2 Å². The Morgan fingerprint density at radius 1 is 1.36 bits per heavy atom. The summed E-state index contributed by atoms with van der Waals surface area (Å²) in [5, 5.41) is 9.00. The van der Waals surface area contributed by atoms with Crippen LogP contribution in [0.5, 0.6) is 0 Å². The van der Waals surface area contributed by atoms with E-state index in [9.17, 15) is 0 Å². The maximum absolute atomic E-state index is 5.49. The van der Waals surface area contributed by atoms with Crippen LogP contribution in [0.2, 0.25) is 0 Å². The van der Waals surface area contributed by atoms with Gasteiger partial charge in [0.1, 0.15) is 0 Å². The Morgan fingerprint density at radius 3 is 2.64 bits per heavy atom. The molecule has 1 fully saturated rings. The van der Waals surface area contributed by atoms with Gasteiger partial charge in [-0.2, -0.15) is 0 Å². The predicted octanol–water partition coefficient (Wildman–Crippen LogP) is 3.54. The number of nitrogens with zero attached hydrogens (tertiary/aromatic N) is 2. The van der Waals surface area contributed by atoms with Gasteiger partial charge in [-0.05, 0) is 34.3 Å². The second-order valence-corrected chi connectivity index (χ2v) is 8.38. The molecule has 1 aromatic heterocycles. The Hall–Kier alpha value is 0.1000. The summed E-state index contributed by atoms with van der Waals surface area (Å²) in [6.45, 7) is 10.0. The number of hydrogen-bond acceptors (Lipinski definition) is 4. The number of rotatable bonds is 7. The summed E-state index contributed by atoms with van der Waals surface area (Å²) in [5.41, 5.74) is 0. The lowest BCUT2D eigenvalue weighted by Gasteiger charge is -2.35. The van der Waals surface area contributed by atoms with Gasteiger partial charge in [0, 0.05) is 47.5 Å². The van der Waals surface area contributed by atoms with Gasteiger partial charge in [0.25, 0.3) is 0 Å². The van der Waals surface area contributed by atoms with Crippen LogP contribution in [-0.4, -0.2) is 56.8 Å². The van der Waals surface area contributed by atoms with E-state index in [1.165, 1.54) is 11.3 Å². The Bertz CT molecular complexity index is 521. The fourth-order valence-electron chi connectivity index (χ4n) is 2.90. The summed E-state index contributed by atoms with van der Waals surface area (Å²) in [6, 6.07) is 2.66. The Kier molecular flexibility index (Phi) is 11.6. The van der Waals surface area contributed by atoms with Crippen molar-refractivity contribution >= 4 is 57.2 Å². The number of guanidine groups is 1. The third kappa shape index (κ3) is 8.55. The molecular formula is C17H30BrIN4OS. The van der Waals surface area contributed by atoms with E-state index >= 15 is 0 Å². The summed E-state index contributed by atoms with van der Waals surface area (Å²) in [5.74, 6) is 1.54. The van der Waals surface area contributed by atoms with Gasteiger partial charge >= 0.3 is 0 Å². The highest BCUT2D eigenvalue weighted by molar-refractivity contribution is 14.0. The largest absolute Gasteiger partial charge is 0.379 e. The first-order valence-corrected chi connectivity index (χ1v) is 10.2. The quantitative estimate of drug-likeness (QED) is 0.313. The summed E-state index contributed by atoms with van der Waals surface area (Å²) in [4.78, 5) is 8.18. The lowest BCUT2D eigenvalue weighted by molar-refractivity contribution is 0.0132. The molecule has 0 spiro atoms. The van der Waals surface area contributed by atoms with Gasteiger partial charge in [0.05, 0.1) is 19.8 Å². The molecule has 2 N–H and O–H groups in total. The highest BCUT2D eigenvalue weighted by Gasteiger charge is 2.22. The molecule has 5 nitrogen and oxygen atoms in total. The van der Waals surface area contributed by atoms with E-state index in [0.717, 1.165) is 49.8 Å². The second-order valence-electron chi connectivity index (χ2n) is 6.47. The van der Waals surface area contributed by atoms with Crippen LogP contribution in [0, 0.1) is 5.92 Å². The minimum absolute atomic E-state index is 0. The number of ether oxygens (including phenoxy) is 1. The standard InChI is InChI=1S/C17H29BrN4OS.HI/c1-13(2)8-15(22-4-6-23-7-5-22)10-20-17(19-3)21-11-16-9-14(18)12-24-16;/h9,12-13,15H,4-8,10-11H2,1-3H3,(H2,19,20,21);1H. The zero-order valence-corrected chi connectivity index (χ0v) is 20.0. The molecule has 0 amide bonds. The number of morpholine rings is 1. The van der Waals surface area contributed by atoms with E-state index in [2.05, 4.69) is 61.7 Å². The van der Waals surface area contributed by atoms with Crippen LogP contribution in [0.1, 0.15) is 25.1 Å². The molecule has 2 heterocycles. The van der Waals surface area contributed by atoms with Gasteiger partial charge in [-0.1, -0.05) is 13.8 Å². The van der Waals surface area contributed by atoms with Crippen molar-refractivity contribution in [2.75, 3.05) is 39.9 Å². The molecule has 1 aliphatic heterocycles. The van der Waals surface area contributed by atoms with Crippen LogP contribution in [0.3, 0.4) is 0 Å². The molecule has 144 valence electrons. The molecule has 1 saturated heterocycles. The molecule has 0 radical (unpaired) electrons. The first kappa shape index (κ1) is 23.1. The zero-order valence-electron chi connectivity index (χ0n) is 15.3. The Balaban J connectivity index is 0.00000312. The maximum atomic E-state index is 5.49. The van der Waals surface area contributed by atoms with Gasteiger partial charge in [-0.3, -0.25) is 9.89 Å². The highest BCUT2D eigenvalue weighted by Crippen LogP contribution is 2.19. The molecule has 0 aliphatic carbocycles. The van der Waals surface area contributed by atoms with Gasteiger partial charge in [0.2, 0.25) is 0 Å². The number of thiophene rings is 1. The van der Waals surface area contributed by atoms with Gasteiger partial charge in [-0.15, -0.1) is 35.3 Å². The SMILES string of the molecule is CN=C(NCc1cc(Br)cs1)NCC(CC(C)C)N1CCOCC1.I. The van der Waals surface area contributed by atoms with E-state index < -0.39 is 0 Å². The predicted molar refractivity (Wildman–Crippen MR) is 121 cm³/mol.